The van der Waals surface area contributed by atoms with Crippen LogP contribution in [0.4, 0.5) is 0 Å². The number of nitrogens with zero attached hydrogens (tertiary/aromatic N) is 5. The molecule has 0 N–H and O–H groups in total. The maximum atomic E-state index is 5.92. The fourth-order valence-corrected chi connectivity index (χ4v) is 1.86. The van der Waals surface area contributed by atoms with Crippen LogP contribution in [0.2, 0.25) is 5.15 Å². The van der Waals surface area contributed by atoms with E-state index in [4.69, 9.17) is 11.6 Å². The number of aryl methyl sites for hydroxylation is 1. The molecule has 0 unspecified atom stereocenters. The molecule has 1 aliphatic carbocycles. The summed E-state index contributed by atoms with van der Waals surface area (Å²) in [5, 5.41) is 13.1. The van der Waals surface area contributed by atoms with Crippen LogP contribution in [-0.2, 0) is 13.6 Å². The van der Waals surface area contributed by atoms with Crippen molar-refractivity contribution in [2.24, 2.45) is 7.05 Å². The Kier molecular flexibility index (Phi) is 2.21. The lowest BCUT2D eigenvalue weighted by Gasteiger charge is -1.94. The molecule has 1 saturated carbocycles. The van der Waals surface area contributed by atoms with E-state index >= 15 is 0 Å². The van der Waals surface area contributed by atoms with Gasteiger partial charge in [0, 0.05) is 25.2 Å². The van der Waals surface area contributed by atoms with Crippen LogP contribution >= 0.6 is 11.6 Å². The maximum absolute atomic E-state index is 5.92. The normalized spacial score (nSPS) is 15.6. The molecular formula is C10H12ClN5. The van der Waals surface area contributed by atoms with E-state index in [0.717, 1.165) is 11.4 Å². The molecule has 2 heterocycles. The van der Waals surface area contributed by atoms with Crippen LogP contribution in [0.15, 0.2) is 12.3 Å². The molecule has 1 fully saturated rings. The lowest BCUT2D eigenvalue weighted by molar-refractivity contribution is 0.624. The fourth-order valence-electron chi connectivity index (χ4n) is 1.70. The Bertz CT molecular complexity index is 492. The quantitative estimate of drug-likeness (QED) is 0.815. The minimum atomic E-state index is 0.625. The van der Waals surface area contributed by atoms with Gasteiger partial charge in [-0.3, -0.25) is 4.68 Å². The van der Waals surface area contributed by atoms with Crippen molar-refractivity contribution in [2.75, 3.05) is 0 Å². The van der Waals surface area contributed by atoms with Gasteiger partial charge in [0.2, 0.25) is 0 Å². The van der Waals surface area contributed by atoms with Crippen LogP contribution in [0.3, 0.4) is 0 Å². The van der Waals surface area contributed by atoms with Gasteiger partial charge in [-0.15, -0.1) is 5.10 Å². The first-order chi connectivity index (χ1) is 7.72. The zero-order chi connectivity index (χ0) is 11.1. The van der Waals surface area contributed by atoms with Gasteiger partial charge in [-0.05, 0) is 12.8 Å². The summed E-state index contributed by atoms with van der Waals surface area (Å²) >= 11 is 5.92. The third-order valence-electron chi connectivity index (χ3n) is 2.75. The minimum Gasteiger partial charge on any atom is -0.257 e. The first kappa shape index (κ1) is 9.84. The lowest BCUT2D eigenvalue weighted by Crippen LogP contribution is -2.02. The molecule has 0 aromatic carbocycles. The third-order valence-corrected chi connectivity index (χ3v) is 3.10. The van der Waals surface area contributed by atoms with Crippen molar-refractivity contribution in [3.05, 3.63) is 28.8 Å². The fraction of sp³-hybridized carbons (Fsp3) is 0.500. The highest BCUT2D eigenvalue weighted by molar-refractivity contribution is 6.29. The topological polar surface area (TPSA) is 48.5 Å². The number of hydrogen-bond donors (Lipinski definition) is 0. The van der Waals surface area contributed by atoms with E-state index < -0.39 is 0 Å². The molecule has 0 spiro atoms. The van der Waals surface area contributed by atoms with Crippen LogP contribution in [-0.4, -0.2) is 24.8 Å². The average molecular weight is 238 g/mol. The summed E-state index contributed by atoms with van der Waals surface area (Å²) in [6, 6.07) is 1.85. The number of aromatic nitrogens is 5. The van der Waals surface area contributed by atoms with Crippen LogP contribution in [0.5, 0.6) is 0 Å². The van der Waals surface area contributed by atoms with Gasteiger partial charge in [0.05, 0.1) is 17.9 Å². The van der Waals surface area contributed by atoms with Gasteiger partial charge >= 0.3 is 0 Å². The standard InChI is InChI=1S/C10H12ClN5/c1-15-10(11)4-8(13-15)5-16-6-9(12-14-16)7-2-3-7/h4,6-7H,2-3,5H2,1H3. The van der Waals surface area contributed by atoms with Gasteiger partial charge in [0.15, 0.2) is 0 Å². The van der Waals surface area contributed by atoms with Crippen molar-refractivity contribution in [1.29, 1.82) is 0 Å². The molecule has 6 heteroatoms. The smallest absolute Gasteiger partial charge is 0.127 e. The summed E-state index contributed by atoms with van der Waals surface area (Å²) < 4.78 is 3.46. The van der Waals surface area contributed by atoms with Crippen LogP contribution in [0.25, 0.3) is 0 Å². The molecule has 0 radical (unpaired) electrons. The number of rotatable bonds is 3. The Labute approximate surface area is 98.0 Å². The van der Waals surface area contributed by atoms with Gasteiger partial charge in [-0.25, -0.2) is 4.68 Å². The molecule has 0 amide bonds. The first-order valence-corrected chi connectivity index (χ1v) is 5.68. The minimum absolute atomic E-state index is 0.625. The van der Waals surface area contributed by atoms with Gasteiger partial charge in [0.25, 0.3) is 0 Å². The van der Waals surface area contributed by atoms with E-state index in [1.807, 2.05) is 24.0 Å². The van der Waals surface area contributed by atoms with Crippen molar-refractivity contribution in [2.45, 2.75) is 25.3 Å². The monoisotopic (exact) mass is 237 g/mol. The molecular weight excluding hydrogens is 226 g/mol. The molecule has 16 heavy (non-hydrogen) atoms. The van der Waals surface area contributed by atoms with E-state index in [2.05, 4.69) is 15.4 Å². The zero-order valence-corrected chi connectivity index (χ0v) is 9.72. The molecule has 0 aliphatic heterocycles. The second kappa shape index (κ2) is 3.59. The van der Waals surface area contributed by atoms with Crippen molar-refractivity contribution >= 4 is 11.6 Å². The van der Waals surface area contributed by atoms with Crippen LogP contribution in [0, 0.1) is 0 Å². The SMILES string of the molecule is Cn1nc(Cn2cc(C3CC3)nn2)cc1Cl. The predicted octanol–water partition coefficient (Wildman–Crippen LogP) is 1.59. The molecule has 0 bridgehead atoms. The Morgan fingerprint density at radius 3 is 2.94 bits per heavy atom. The van der Waals surface area contributed by atoms with Gasteiger partial charge in [0.1, 0.15) is 5.15 Å². The van der Waals surface area contributed by atoms with Gasteiger partial charge < -0.3 is 0 Å². The summed E-state index contributed by atoms with van der Waals surface area (Å²) in [6.45, 7) is 0.625. The molecule has 0 saturated heterocycles. The largest absolute Gasteiger partial charge is 0.257 e. The highest BCUT2D eigenvalue weighted by atomic mass is 35.5. The van der Waals surface area contributed by atoms with E-state index in [1.165, 1.54) is 12.8 Å². The van der Waals surface area contributed by atoms with Crippen molar-refractivity contribution in [1.82, 2.24) is 24.8 Å². The molecule has 2 aromatic heterocycles. The average Bonchev–Trinajstić information content (AvgIpc) is 2.92. The molecule has 3 rings (SSSR count). The molecule has 5 nitrogen and oxygen atoms in total. The van der Waals surface area contributed by atoms with E-state index in [9.17, 15) is 0 Å². The van der Waals surface area contributed by atoms with E-state index in [-0.39, 0.29) is 0 Å². The molecule has 1 aliphatic rings. The lowest BCUT2D eigenvalue weighted by atomic mass is 10.3. The summed E-state index contributed by atoms with van der Waals surface area (Å²) in [6.07, 6.45) is 4.49. The van der Waals surface area contributed by atoms with Crippen molar-refractivity contribution < 1.29 is 0 Å². The van der Waals surface area contributed by atoms with Crippen LogP contribution in [0.1, 0.15) is 30.1 Å². The summed E-state index contributed by atoms with van der Waals surface area (Å²) in [5.41, 5.74) is 2.00. The summed E-state index contributed by atoms with van der Waals surface area (Å²) in [5.74, 6) is 0.640. The highest BCUT2D eigenvalue weighted by Crippen LogP contribution is 2.38. The second-order valence-corrected chi connectivity index (χ2v) is 4.58. The number of halogens is 1. The van der Waals surface area contributed by atoms with E-state index in [1.54, 1.807) is 4.68 Å². The Morgan fingerprint density at radius 2 is 2.31 bits per heavy atom. The second-order valence-electron chi connectivity index (χ2n) is 4.20. The first-order valence-electron chi connectivity index (χ1n) is 5.31. The zero-order valence-electron chi connectivity index (χ0n) is 8.97. The summed E-state index contributed by atoms with van der Waals surface area (Å²) in [7, 11) is 1.82. The Morgan fingerprint density at radius 1 is 1.50 bits per heavy atom. The third kappa shape index (κ3) is 1.82. The summed E-state index contributed by atoms with van der Waals surface area (Å²) in [4.78, 5) is 0. The van der Waals surface area contributed by atoms with Crippen LogP contribution < -0.4 is 0 Å². The van der Waals surface area contributed by atoms with Gasteiger partial charge in [-0.1, -0.05) is 16.8 Å². The molecule has 0 atom stereocenters. The Hall–Kier alpha value is -1.36. The molecule has 2 aromatic rings. The van der Waals surface area contributed by atoms with Crippen molar-refractivity contribution in [3.63, 3.8) is 0 Å². The van der Waals surface area contributed by atoms with Crippen molar-refractivity contribution in [3.8, 4) is 0 Å². The molecule has 84 valence electrons. The van der Waals surface area contributed by atoms with E-state index in [0.29, 0.717) is 17.6 Å². The number of hydrogen-bond acceptors (Lipinski definition) is 3. The van der Waals surface area contributed by atoms with Gasteiger partial charge in [-0.2, -0.15) is 5.10 Å². The predicted molar refractivity (Wildman–Crippen MR) is 59.3 cm³/mol. The maximum Gasteiger partial charge on any atom is 0.127 e. The Balaban J connectivity index is 1.77. The highest BCUT2D eigenvalue weighted by Gasteiger charge is 2.26.